The Labute approximate surface area is 233 Å². The molecule has 0 bridgehead atoms. The summed E-state index contributed by atoms with van der Waals surface area (Å²) < 4.78 is 4.42. The molecule has 0 aliphatic carbocycles. The number of nitrogen functional groups attached to an aromatic ring is 1. The SMILES string of the molecule is C[C@H](NC(=O)c1c(N)nn2cccnc12)c1nc2cccc(C#Cc3cnn(C)c3)c2c(=O)n1Nc1ccccc1. The second kappa shape index (κ2) is 10.3. The largest absolute Gasteiger partial charge is 0.381 e. The Bertz CT molecular complexity index is 2050. The van der Waals surface area contributed by atoms with Gasteiger partial charge in [-0.15, -0.1) is 5.10 Å². The number of carbonyl (C=O) groups is 1. The van der Waals surface area contributed by atoms with Crippen LogP contribution in [0.5, 0.6) is 0 Å². The lowest BCUT2D eigenvalue weighted by Crippen LogP contribution is -2.37. The summed E-state index contributed by atoms with van der Waals surface area (Å²) in [7, 11) is 1.81. The molecule has 41 heavy (non-hydrogen) atoms. The zero-order chi connectivity index (χ0) is 28.5. The van der Waals surface area contributed by atoms with Crippen molar-refractivity contribution in [2.75, 3.05) is 11.2 Å². The molecule has 0 aliphatic rings. The number of nitrogens with one attached hydrogen (secondary N) is 2. The highest BCUT2D eigenvalue weighted by molar-refractivity contribution is 6.04. The van der Waals surface area contributed by atoms with Crippen molar-refractivity contribution in [1.29, 1.82) is 0 Å². The van der Waals surface area contributed by atoms with E-state index < -0.39 is 11.9 Å². The molecule has 6 rings (SSSR count). The van der Waals surface area contributed by atoms with Gasteiger partial charge in [0.25, 0.3) is 11.5 Å². The summed E-state index contributed by atoms with van der Waals surface area (Å²) in [5.41, 5.74) is 11.6. The number of aromatic nitrogens is 7. The second-order valence-electron chi connectivity index (χ2n) is 9.28. The Hall–Kier alpha value is -5.96. The number of nitrogens with two attached hydrogens (primary N) is 1. The number of carbonyl (C=O) groups excluding carboxylic acids is 1. The van der Waals surface area contributed by atoms with Gasteiger partial charge in [-0.3, -0.25) is 19.7 Å². The highest BCUT2D eigenvalue weighted by Crippen LogP contribution is 2.20. The van der Waals surface area contributed by atoms with Gasteiger partial charge in [0.2, 0.25) is 0 Å². The Kier molecular flexibility index (Phi) is 6.37. The van der Waals surface area contributed by atoms with E-state index in [9.17, 15) is 9.59 Å². The molecule has 4 N–H and O–H groups in total. The van der Waals surface area contributed by atoms with Crippen molar-refractivity contribution >= 4 is 34.0 Å². The minimum atomic E-state index is -0.723. The summed E-state index contributed by atoms with van der Waals surface area (Å²) in [4.78, 5) is 36.5. The second-order valence-corrected chi connectivity index (χ2v) is 9.28. The number of para-hydroxylation sites is 1. The third-order valence-electron chi connectivity index (χ3n) is 6.37. The van der Waals surface area contributed by atoms with Crippen molar-refractivity contribution in [2.45, 2.75) is 13.0 Å². The van der Waals surface area contributed by atoms with Crippen LogP contribution in [-0.4, -0.2) is 39.9 Å². The lowest BCUT2D eigenvalue weighted by Gasteiger charge is -2.20. The van der Waals surface area contributed by atoms with Crippen LogP contribution in [0.25, 0.3) is 16.6 Å². The van der Waals surface area contributed by atoms with Crippen molar-refractivity contribution in [3.8, 4) is 11.8 Å². The first-order valence-electron chi connectivity index (χ1n) is 12.7. The lowest BCUT2D eigenvalue weighted by molar-refractivity contribution is 0.0940. The zero-order valence-corrected chi connectivity index (χ0v) is 22.1. The van der Waals surface area contributed by atoms with Gasteiger partial charge in [0.1, 0.15) is 5.56 Å². The molecular formula is C29H24N10O2. The van der Waals surface area contributed by atoms with Crippen LogP contribution in [0.15, 0.2) is 84.2 Å². The average Bonchev–Trinajstić information content (AvgIpc) is 3.55. The summed E-state index contributed by atoms with van der Waals surface area (Å²) in [6, 6.07) is 15.5. The highest BCUT2D eigenvalue weighted by atomic mass is 16.2. The van der Waals surface area contributed by atoms with Crippen molar-refractivity contribution in [3.63, 3.8) is 0 Å². The highest BCUT2D eigenvalue weighted by Gasteiger charge is 2.24. The molecule has 0 saturated heterocycles. The van der Waals surface area contributed by atoms with Gasteiger partial charge in [-0.25, -0.2) is 19.2 Å². The summed E-state index contributed by atoms with van der Waals surface area (Å²) in [5, 5.41) is 11.5. The standard InChI is InChI=1S/C29H24N10O2/c1-18(33-28(40)24-25(30)36-38-15-7-14-31-27(24)38)26-34-22-11-6-8-20(13-12-19-16-32-37(2)17-19)23(22)29(41)39(26)35-21-9-4-3-5-10-21/h3-11,14-18,35H,1-2H3,(H2,30,36)(H,33,40)/t18-/m0/s1. The molecule has 4 heterocycles. The molecule has 0 spiro atoms. The number of hydrogen-bond acceptors (Lipinski definition) is 8. The average molecular weight is 545 g/mol. The van der Waals surface area contributed by atoms with Crippen LogP contribution < -0.4 is 22.0 Å². The maximum absolute atomic E-state index is 14.1. The topological polar surface area (TPSA) is 150 Å². The Morgan fingerprint density at radius 1 is 1.07 bits per heavy atom. The molecule has 0 unspecified atom stereocenters. The fourth-order valence-corrected chi connectivity index (χ4v) is 4.47. The van der Waals surface area contributed by atoms with Gasteiger partial charge >= 0.3 is 0 Å². The van der Waals surface area contributed by atoms with Crippen LogP contribution in [-0.2, 0) is 7.05 Å². The van der Waals surface area contributed by atoms with E-state index in [1.165, 1.54) is 9.19 Å². The predicted octanol–water partition coefficient (Wildman–Crippen LogP) is 2.52. The maximum atomic E-state index is 14.1. The third kappa shape index (κ3) is 4.83. The molecule has 4 aromatic heterocycles. The first kappa shape index (κ1) is 25.3. The van der Waals surface area contributed by atoms with Crippen LogP contribution in [0.2, 0.25) is 0 Å². The molecule has 202 valence electrons. The van der Waals surface area contributed by atoms with E-state index in [2.05, 4.69) is 37.8 Å². The van der Waals surface area contributed by atoms with Crippen LogP contribution in [0.3, 0.4) is 0 Å². The molecule has 2 aromatic carbocycles. The number of amides is 1. The summed E-state index contributed by atoms with van der Waals surface area (Å²) in [5.74, 6) is 5.96. The molecule has 0 saturated carbocycles. The summed E-state index contributed by atoms with van der Waals surface area (Å²) >= 11 is 0. The van der Waals surface area contributed by atoms with Crippen molar-refractivity contribution in [3.05, 3.63) is 112 Å². The van der Waals surface area contributed by atoms with E-state index in [-0.39, 0.29) is 22.8 Å². The van der Waals surface area contributed by atoms with Crippen LogP contribution in [0, 0.1) is 11.8 Å². The molecule has 12 heteroatoms. The lowest BCUT2D eigenvalue weighted by atomic mass is 10.1. The number of benzene rings is 2. The number of hydrogen-bond donors (Lipinski definition) is 3. The Morgan fingerprint density at radius 3 is 2.68 bits per heavy atom. The zero-order valence-electron chi connectivity index (χ0n) is 22.1. The van der Waals surface area contributed by atoms with Gasteiger partial charge in [0.05, 0.1) is 34.4 Å². The van der Waals surface area contributed by atoms with Gasteiger partial charge in [0.15, 0.2) is 17.3 Å². The normalized spacial score (nSPS) is 11.7. The minimum Gasteiger partial charge on any atom is -0.381 e. The van der Waals surface area contributed by atoms with E-state index in [4.69, 9.17) is 10.7 Å². The first-order chi connectivity index (χ1) is 19.9. The number of rotatable bonds is 5. The Balaban J connectivity index is 1.45. The van der Waals surface area contributed by atoms with Gasteiger partial charge < -0.3 is 11.1 Å². The minimum absolute atomic E-state index is 0.0384. The van der Waals surface area contributed by atoms with E-state index in [0.29, 0.717) is 27.8 Å². The van der Waals surface area contributed by atoms with E-state index in [1.54, 1.807) is 60.7 Å². The summed E-state index contributed by atoms with van der Waals surface area (Å²) in [6.07, 6.45) is 6.65. The van der Waals surface area contributed by atoms with Crippen molar-refractivity contribution < 1.29 is 4.79 Å². The van der Waals surface area contributed by atoms with Crippen LogP contribution in [0.4, 0.5) is 11.5 Å². The first-order valence-corrected chi connectivity index (χ1v) is 12.7. The molecule has 6 aromatic rings. The third-order valence-corrected chi connectivity index (χ3v) is 6.37. The molecule has 12 nitrogen and oxygen atoms in total. The molecule has 0 fully saturated rings. The molecule has 1 atom stereocenters. The number of anilines is 2. The smallest absolute Gasteiger partial charge is 0.281 e. The predicted molar refractivity (Wildman–Crippen MR) is 154 cm³/mol. The van der Waals surface area contributed by atoms with Gasteiger partial charge in [0, 0.05) is 31.2 Å². The van der Waals surface area contributed by atoms with Gasteiger partial charge in [-0.1, -0.05) is 36.1 Å². The molecular weight excluding hydrogens is 520 g/mol. The van der Waals surface area contributed by atoms with E-state index in [0.717, 1.165) is 5.56 Å². The van der Waals surface area contributed by atoms with Crippen molar-refractivity contribution in [2.24, 2.45) is 7.05 Å². The number of nitrogens with zero attached hydrogens (tertiary/aromatic N) is 7. The van der Waals surface area contributed by atoms with E-state index in [1.807, 2.05) is 37.4 Å². The quantitative estimate of drug-likeness (QED) is 0.280. The molecule has 0 aliphatic heterocycles. The monoisotopic (exact) mass is 544 g/mol. The Morgan fingerprint density at radius 2 is 1.90 bits per heavy atom. The van der Waals surface area contributed by atoms with E-state index >= 15 is 0 Å². The van der Waals surface area contributed by atoms with Gasteiger partial charge in [-0.05, 0) is 37.3 Å². The van der Waals surface area contributed by atoms with Crippen molar-refractivity contribution in [1.82, 2.24) is 39.4 Å². The fourth-order valence-electron chi connectivity index (χ4n) is 4.47. The number of aryl methyl sites for hydroxylation is 1. The summed E-state index contributed by atoms with van der Waals surface area (Å²) in [6.45, 7) is 1.73. The van der Waals surface area contributed by atoms with Crippen LogP contribution >= 0.6 is 0 Å². The molecule has 1 amide bonds. The fraction of sp³-hybridized carbons (Fsp3) is 0.103. The maximum Gasteiger partial charge on any atom is 0.281 e. The van der Waals surface area contributed by atoms with Crippen LogP contribution in [0.1, 0.15) is 40.3 Å². The number of fused-ring (bicyclic) bond motifs is 2. The molecule has 0 radical (unpaired) electrons. The van der Waals surface area contributed by atoms with Gasteiger partial charge in [-0.2, -0.15) is 5.10 Å².